The summed E-state index contributed by atoms with van der Waals surface area (Å²) in [5, 5.41) is 0. The minimum absolute atomic E-state index is 0.149. The SMILES string of the molecule is CC\C=C/C=C\C=C/C=C\C=C/CCCC(=O)OC(COC(=O)CC/C=C\C/C=C\C/C=C\C/C=C\C/C=C\CC)COC(=O)CCCCCCC\C=C/C=C\C=C/CC. The number of allylic oxidation sites excluding steroid dienone is 26. The van der Waals surface area contributed by atoms with Crippen LogP contribution < -0.4 is 0 Å². The Bertz CT molecular complexity index is 1460. The zero-order valence-corrected chi connectivity index (χ0v) is 37.4. The van der Waals surface area contributed by atoms with Crippen molar-refractivity contribution >= 4 is 17.9 Å². The molecule has 1 unspecified atom stereocenters. The van der Waals surface area contributed by atoms with E-state index in [1.165, 1.54) is 0 Å². The lowest BCUT2D eigenvalue weighted by Gasteiger charge is -2.18. The molecule has 0 bridgehead atoms. The highest BCUT2D eigenvalue weighted by Gasteiger charge is 2.19. The molecule has 6 heteroatoms. The van der Waals surface area contributed by atoms with Crippen molar-refractivity contribution in [2.75, 3.05) is 13.2 Å². The average Bonchev–Trinajstić information content (AvgIpc) is 3.24. The Kier molecular flexibility index (Phi) is 42.8. The molecule has 0 fully saturated rings. The maximum absolute atomic E-state index is 12.7. The summed E-state index contributed by atoms with van der Waals surface area (Å²) >= 11 is 0. The van der Waals surface area contributed by atoms with Gasteiger partial charge in [0.05, 0.1) is 0 Å². The Hall–Kier alpha value is -4.97. The minimum atomic E-state index is -0.860. The third kappa shape index (κ3) is 44.1. The molecule has 1 atom stereocenters. The quantitative estimate of drug-likeness (QED) is 0.0204. The highest BCUT2D eigenvalue weighted by atomic mass is 16.6. The normalized spacial score (nSPS) is 13.6. The van der Waals surface area contributed by atoms with Gasteiger partial charge in [-0.15, -0.1) is 0 Å². The number of ether oxygens (including phenoxy) is 3. The number of hydrogen-bond acceptors (Lipinski definition) is 6. The summed E-state index contributed by atoms with van der Waals surface area (Å²) in [6, 6.07) is 0. The molecular weight excluding hydrogens is 745 g/mol. The fourth-order valence-electron chi connectivity index (χ4n) is 5.17. The number of unbranched alkanes of at least 4 members (excludes halogenated alkanes) is 6. The predicted octanol–water partition coefficient (Wildman–Crippen LogP) is 14.7. The van der Waals surface area contributed by atoms with Gasteiger partial charge >= 0.3 is 17.9 Å². The highest BCUT2D eigenvalue weighted by molar-refractivity contribution is 5.71. The summed E-state index contributed by atoms with van der Waals surface area (Å²) in [7, 11) is 0. The molecule has 60 heavy (non-hydrogen) atoms. The number of carbonyl (C=O) groups is 3. The summed E-state index contributed by atoms with van der Waals surface area (Å²) in [5.41, 5.74) is 0. The lowest BCUT2D eigenvalue weighted by atomic mass is 10.1. The van der Waals surface area contributed by atoms with Crippen LogP contribution in [-0.2, 0) is 28.6 Å². The van der Waals surface area contributed by atoms with E-state index in [2.05, 4.69) is 99.8 Å². The number of rotatable bonds is 37. The van der Waals surface area contributed by atoms with Crippen molar-refractivity contribution < 1.29 is 28.6 Å². The second-order valence-corrected chi connectivity index (χ2v) is 14.0. The molecule has 6 nitrogen and oxygen atoms in total. The lowest BCUT2D eigenvalue weighted by molar-refractivity contribution is -0.166. The van der Waals surface area contributed by atoms with Gasteiger partial charge in [-0.1, -0.05) is 198 Å². The van der Waals surface area contributed by atoms with E-state index in [9.17, 15) is 14.4 Å². The maximum Gasteiger partial charge on any atom is 0.306 e. The molecule has 0 aromatic carbocycles. The minimum Gasteiger partial charge on any atom is -0.462 e. The van der Waals surface area contributed by atoms with Crippen LogP contribution in [-0.4, -0.2) is 37.2 Å². The molecular formula is C54H78O6. The van der Waals surface area contributed by atoms with Crippen LogP contribution in [0.5, 0.6) is 0 Å². The molecule has 0 spiro atoms. The Morgan fingerprint density at radius 1 is 0.350 bits per heavy atom. The highest BCUT2D eigenvalue weighted by Crippen LogP contribution is 2.10. The molecule has 0 rings (SSSR count). The van der Waals surface area contributed by atoms with Crippen molar-refractivity contribution in [2.45, 2.75) is 149 Å². The molecule has 0 saturated heterocycles. The van der Waals surface area contributed by atoms with Crippen LogP contribution in [0.1, 0.15) is 143 Å². The maximum atomic E-state index is 12.7. The molecule has 0 N–H and O–H groups in total. The number of carbonyl (C=O) groups excluding carboxylic acids is 3. The van der Waals surface area contributed by atoms with E-state index < -0.39 is 18.0 Å². The van der Waals surface area contributed by atoms with Crippen molar-refractivity contribution in [1.29, 1.82) is 0 Å². The molecule has 330 valence electrons. The van der Waals surface area contributed by atoms with Crippen molar-refractivity contribution in [2.24, 2.45) is 0 Å². The van der Waals surface area contributed by atoms with Gasteiger partial charge in [-0.25, -0.2) is 0 Å². The molecule has 0 aromatic heterocycles. The lowest BCUT2D eigenvalue weighted by Crippen LogP contribution is -2.30. The van der Waals surface area contributed by atoms with Gasteiger partial charge in [0, 0.05) is 19.3 Å². The summed E-state index contributed by atoms with van der Waals surface area (Å²) in [6.07, 6.45) is 68.2. The van der Waals surface area contributed by atoms with Crippen LogP contribution >= 0.6 is 0 Å². The van der Waals surface area contributed by atoms with Crippen LogP contribution in [0.2, 0.25) is 0 Å². The van der Waals surface area contributed by atoms with E-state index in [-0.39, 0.29) is 32.0 Å². The van der Waals surface area contributed by atoms with Gasteiger partial charge < -0.3 is 14.2 Å². The van der Waals surface area contributed by atoms with Crippen molar-refractivity contribution in [3.05, 3.63) is 158 Å². The first-order chi connectivity index (χ1) is 29.5. The summed E-state index contributed by atoms with van der Waals surface area (Å²) in [6.45, 7) is 6.05. The zero-order chi connectivity index (χ0) is 43.7. The van der Waals surface area contributed by atoms with Crippen LogP contribution in [0.25, 0.3) is 0 Å². The third-order valence-corrected chi connectivity index (χ3v) is 8.46. The Morgan fingerprint density at radius 3 is 1.25 bits per heavy atom. The van der Waals surface area contributed by atoms with Crippen LogP contribution in [0.15, 0.2) is 158 Å². The van der Waals surface area contributed by atoms with E-state index in [1.807, 2.05) is 79.0 Å². The molecule has 0 aromatic rings. The van der Waals surface area contributed by atoms with Crippen molar-refractivity contribution in [1.82, 2.24) is 0 Å². The topological polar surface area (TPSA) is 78.9 Å². The van der Waals surface area contributed by atoms with E-state index in [0.29, 0.717) is 25.7 Å². The zero-order valence-electron chi connectivity index (χ0n) is 37.4. The Labute approximate surface area is 365 Å². The predicted molar refractivity (Wildman–Crippen MR) is 255 cm³/mol. The number of hydrogen-bond donors (Lipinski definition) is 0. The fourth-order valence-corrected chi connectivity index (χ4v) is 5.17. The summed E-state index contributed by atoms with van der Waals surface area (Å²) in [5.74, 6) is -1.15. The van der Waals surface area contributed by atoms with E-state index in [0.717, 1.165) is 83.5 Å². The van der Waals surface area contributed by atoms with Gasteiger partial charge in [0.15, 0.2) is 6.10 Å². The van der Waals surface area contributed by atoms with E-state index in [1.54, 1.807) is 0 Å². The monoisotopic (exact) mass is 823 g/mol. The smallest absolute Gasteiger partial charge is 0.306 e. The molecule has 0 heterocycles. The first kappa shape index (κ1) is 55.0. The van der Waals surface area contributed by atoms with Gasteiger partial charge in [0.1, 0.15) is 13.2 Å². The van der Waals surface area contributed by atoms with Crippen LogP contribution in [0.4, 0.5) is 0 Å². The van der Waals surface area contributed by atoms with Gasteiger partial charge in [-0.3, -0.25) is 14.4 Å². The second-order valence-electron chi connectivity index (χ2n) is 14.0. The molecule has 0 aliphatic carbocycles. The summed E-state index contributed by atoms with van der Waals surface area (Å²) < 4.78 is 16.5. The van der Waals surface area contributed by atoms with Gasteiger partial charge in [0.2, 0.25) is 0 Å². The second kappa shape index (κ2) is 46.7. The van der Waals surface area contributed by atoms with Crippen molar-refractivity contribution in [3.8, 4) is 0 Å². The van der Waals surface area contributed by atoms with Gasteiger partial charge in [-0.05, 0) is 83.5 Å². The van der Waals surface area contributed by atoms with Crippen LogP contribution in [0.3, 0.4) is 0 Å². The van der Waals surface area contributed by atoms with E-state index in [4.69, 9.17) is 14.2 Å². The first-order valence-corrected chi connectivity index (χ1v) is 22.6. The fraction of sp³-hybridized carbons (Fsp3) is 0.463. The van der Waals surface area contributed by atoms with E-state index >= 15 is 0 Å². The van der Waals surface area contributed by atoms with Gasteiger partial charge in [0.25, 0.3) is 0 Å². The van der Waals surface area contributed by atoms with Crippen molar-refractivity contribution in [3.63, 3.8) is 0 Å². The number of esters is 3. The molecule has 0 aliphatic rings. The molecule has 0 radical (unpaired) electrons. The Balaban J connectivity index is 4.68. The molecule has 0 amide bonds. The molecule has 0 saturated carbocycles. The molecule has 0 aliphatic heterocycles. The Morgan fingerprint density at radius 2 is 0.733 bits per heavy atom. The van der Waals surface area contributed by atoms with Gasteiger partial charge in [-0.2, -0.15) is 0 Å². The standard InChI is InChI=1S/C54H78O6/c1-4-7-10-13-16-19-22-25-26-27-30-32-35-38-41-44-47-53(56)59-50-51(60-54(57)48-45-42-39-36-33-29-24-21-18-15-12-9-6-3)49-58-52(55)46-43-40-37-34-31-28-23-20-17-14-11-8-5-2/h7-12,14-21,23-26,29-30,32-33,36,38-39,41,51H,4-6,13,22,27-28,31,34-35,37,40,42-50H2,1-3H3/b10-7-,11-8-,12-9-,17-14-,18-15-,19-16-,23-20-,24-21-,26-25-,32-30-,33-29-,39-36-,41-38-. The summed E-state index contributed by atoms with van der Waals surface area (Å²) in [4.78, 5) is 37.7. The largest absolute Gasteiger partial charge is 0.462 e. The van der Waals surface area contributed by atoms with Crippen LogP contribution in [0, 0.1) is 0 Å². The average molecular weight is 823 g/mol. The first-order valence-electron chi connectivity index (χ1n) is 22.6. The third-order valence-electron chi connectivity index (χ3n) is 8.46.